The molecule has 0 fully saturated rings. The Morgan fingerprint density at radius 2 is 1.71 bits per heavy atom. The first-order chi connectivity index (χ1) is 8.19. The van der Waals surface area contributed by atoms with E-state index in [1.54, 1.807) is 6.08 Å². The van der Waals surface area contributed by atoms with Gasteiger partial charge in [-0.05, 0) is 26.4 Å². The van der Waals surface area contributed by atoms with Crippen LogP contribution in [0.25, 0.3) is 0 Å². The maximum Gasteiger partial charge on any atom is 0.246 e. The first kappa shape index (κ1) is 16.2. The lowest BCUT2D eigenvalue weighted by atomic mass is 10.3. The zero-order valence-corrected chi connectivity index (χ0v) is 11.9. The molecule has 0 saturated carbocycles. The fourth-order valence-corrected chi connectivity index (χ4v) is 1.66. The van der Waals surface area contributed by atoms with E-state index in [-0.39, 0.29) is 5.91 Å². The molecule has 0 aliphatic carbocycles. The Hall–Kier alpha value is -0.830. The van der Waals surface area contributed by atoms with Crippen LogP contribution in [0.1, 0.15) is 40.5 Å². The van der Waals surface area contributed by atoms with Crippen molar-refractivity contribution in [3.8, 4) is 0 Å². The van der Waals surface area contributed by atoms with E-state index < -0.39 is 0 Å². The van der Waals surface area contributed by atoms with Gasteiger partial charge < -0.3 is 9.80 Å². The van der Waals surface area contributed by atoms with E-state index in [9.17, 15) is 4.79 Å². The Balaban J connectivity index is 4.07. The second kappa shape index (κ2) is 10.3. The van der Waals surface area contributed by atoms with Crippen LogP contribution < -0.4 is 0 Å². The lowest BCUT2D eigenvalue weighted by Gasteiger charge is -2.19. The first-order valence-electron chi connectivity index (χ1n) is 6.87. The molecule has 0 N–H and O–H groups in total. The molecular weight excluding hydrogens is 212 g/mol. The van der Waals surface area contributed by atoms with Crippen molar-refractivity contribution in [2.45, 2.75) is 40.5 Å². The zero-order valence-electron chi connectivity index (χ0n) is 11.9. The minimum atomic E-state index is 0.146. The number of hydrogen-bond donors (Lipinski definition) is 0. The van der Waals surface area contributed by atoms with Crippen molar-refractivity contribution in [2.24, 2.45) is 0 Å². The predicted molar refractivity (Wildman–Crippen MR) is 74.1 cm³/mol. The van der Waals surface area contributed by atoms with Gasteiger partial charge in [-0.3, -0.25) is 4.79 Å². The summed E-state index contributed by atoms with van der Waals surface area (Å²) in [6, 6.07) is 0. The van der Waals surface area contributed by atoms with Crippen LogP contribution >= 0.6 is 0 Å². The number of hydrogen-bond acceptors (Lipinski definition) is 2. The summed E-state index contributed by atoms with van der Waals surface area (Å²) in [5, 5.41) is 0. The SMILES string of the molecule is CCCCN(CC)C(=O)/C=C/CN(CC)CC. The Bertz CT molecular complexity index is 222. The number of rotatable bonds is 9. The van der Waals surface area contributed by atoms with Crippen LogP contribution in [0.2, 0.25) is 0 Å². The minimum Gasteiger partial charge on any atom is -0.339 e. The topological polar surface area (TPSA) is 23.6 Å². The second-order valence-electron chi connectivity index (χ2n) is 4.16. The molecule has 0 unspecified atom stereocenters. The number of likely N-dealkylation sites (N-methyl/N-ethyl adjacent to an activating group) is 2. The lowest BCUT2D eigenvalue weighted by molar-refractivity contribution is -0.125. The number of amides is 1. The van der Waals surface area contributed by atoms with E-state index in [1.807, 2.05) is 17.9 Å². The summed E-state index contributed by atoms with van der Waals surface area (Å²) in [6.07, 6.45) is 5.91. The van der Waals surface area contributed by atoms with Crippen molar-refractivity contribution in [3.63, 3.8) is 0 Å². The summed E-state index contributed by atoms with van der Waals surface area (Å²) in [6.45, 7) is 13.1. The molecule has 0 atom stereocenters. The summed E-state index contributed by atoms with van der Waals surface area (Å²) in [4.78, 5) is 16.0. The third kappa shape index (κ3) is 7.16. The summed E-state index contributed by atoms with van der Waals surface area (Å²) in [7, 11) is 0. The quantitative estimate of drug-likeness (QED) is 0.578. The van der Waals surface area contributed by atoms with Gasteiger partial charge in [-0.2, -0.15) is 0 Å². The van der Waals surface area contributed by atoms with E-state index in [1.165, 1.54) is 0 Å². The standard InChI is InChI=1S/C14H28N2O/c1-5-9-13-16(8-4)14(17)11-10-12-15(6-2)7-3/h10-11H,5-9,12-13H2,1-4H3/b11-10+. The number of nitrogens with zero attached hydrogens (tertiary/aromatic N) is 2. The van der Waals surface area contributed by atoms with Gasteiger partial charge in [-0.25, -0.2) is 0 Å². The van der Waals surface area contributed by atoms with E-state index in [2.05, 4.69) is 25.7 Å². The largest absolute Gasteiger partial charge is 0.339 e. The number of carbonyl (C=O) groups excluding carboxylic acids is 1. The van der Waals surface area contributed by atoms with Crippen molar-refractivity contribution in [2.75, 3.05) is 32.7 Å². The van der Waals surface area contributed by atoms with Crippen molar-refractivity contribution in [1.82, 2.24) is 9.80 Å². The van der Waals surface area contributed by atoms with Crippen LogP contribution in [0, 0.1) is 0 Å². The van der Waals surface area contributed by atoms with Crippen molar-refractivity contribution in [1.29, 1.82) is 0 Å². The minimum absolute atomic E-state index is 0.146. The summed E-state index contributed by atoms with van der Waals surface area (Å²) >= 11 is 0. The number of carbonyl (C=O) groups is 1. The highest BCUT2D eigenvalue weighted by molar-refractivity contribution is 5.87. The van der Waals surface area contributed by atoms with Crippen molar-refractivity contribution >= 4 is 5.91 Å². The zero-order chi connectivity index (χ0) is 13.1. The van der Waals surface area contributed by atoms with Gasteiger partial charge in [0.1, 0.15) is 0 Å². The van der Waals surface area contributed by atoms with Gasteiger partial charge in [0.05, 0.1) is 0 Å². The highest BCUT2D eigenvalue weighted by Gasteiger charge is 2.06. The van der Waals surface area contributed by atoms with Crippen molar-refractivity contribution < 1.29 is 4.79 Å². The van der Waals surface area contributed by atoms with Crippen LogP contribution in [-0.4, -0.2) is 48.4 Å². The molecule has 0 saturated heterocycles. The van der Waals surface area contributed by atoms with Crippen LogP contribution in [-0.2, 0) is 4.79 Å². The first-order valence-corrected chi connectivity index (χ1v) is 6.87. The number of unbranched alkanes of at least 4 members (excludes halogenated alkanes) is 1. The Labute approximate surface area is 106 Å². The molecule has 1 amide bonds. The predicted octanol–water partition coefficient (Wildman–Crippen LogP) is 2.53. The van der Waals surface area contributed by atoms with E-state index in [4.69, 9.17) is 0 Å². The Morgan fingerprint density at radius 1 is 1.06 bits per heavy atom. The molecule has 0 aromatic rings. The highest BCUT2D eigenvalue weighted by Crippen LogP contribution is 1.97. The molecule has 0 rings (SSSR count). The molecule has 3 nitrogen and oxygen atoms in total. The van der Waals surface area contributed by atoms with Gasteiger partial charge in [0.2, 0.25) is 5.91 Å². The smallest absolute Gasteiger partial charge is 0.246 e. The molecule has 0 aromatic carbocycles. The molecule has 0 spiro atoms. The molecule has 0 aliphatic heterocycles. The molecule has 100 valence electrons. The fraction of sp³-hybridized carbons (Fsp3) is 0.786. The van der Waals surface area contributed by atoms with E-state index in [0.29, 0.717) is 0 Å². The van der Waals surface area contributed by atoms with Gasteiger partial charge >= 0.3 is 0 Å². The summed E-state index contributed by atoms with van der Waals surface area (Å²) in [5.74, 6) is 0.146. The van der Waals surface area contributed by atoms with Crippen molar-refractivity contribution in [3.05, 3.63) is 12.2 Å². The normalized spacial score (nSPS) is 11.4. The average Bonchev–Trinajstić information content (AvgIpc) is 2.35. The van der Waals surface area contributed by atoms with Gasteiger partial charge in [0, 0.05) is 25.7 Å². The fourth-order valence-electron chi connectivity index (χ4n) is 1.66. The lowest BCUT2D eigenvalue weighted by Crippen LogP contribution is -2.30. The van der Waals surface area contributed by atoms with Gasteiger partial charge in [0.15, 0.2) is 0 Å². The van der Waals surface area contributed by atoms with Crippen LogP contribution in [0.15, 0.2) is 12.2 Å². The maximum absolute atomic E-state index is 11.9. The Kier molecular flexibility index (Phi) is 9.83. The highest BCUT2D eigenvalue weighted by atomic mass is 16.2. The molecule has 0 radical (unpaired) electrons. The van der Waals surface area contributed by atoms with Crippen LogP contribution in [0.4, 0.5) is 0 Å². The molecule has 0 heterocycles. The van der Waals surface area contributed by atoms with E-state index >= 15 is 0 Å². The average molecular weight is 240 g/mol. The molecule has 0 bridgehead atoms. The Morgan fingerprint density at radius 3 is 2.18 bits per heavy atom. The molecule has 17 heavy (non-hydrogen) atoms. The third-order valence-electron chi connectivity index (χ3n) is 2.99. The molecule has 3 heteroatoms. The van der Waals surface area contributed by atoms with E-state index in [0.717, 1.165) is 45.6 Å². The second-order valence-corrected chi connectivity index (χ2v) is 4.16. The molecule has 0 aromatic heterocycles. The van der Waals surface area contributed by atoms with Gasteiger partial charge in [0.25, 0.3) is 0 Å². The summed E-state index contributed by atoms with van der Waals surface area (Å²) < 4.78 is 0. The molecule has 0 aliphatic rings. The van der Waals surface area contributed by atoms with Gasteiger partial charge in [-0.1, -0.05) is 33.3 Å². The van der Waals surface area contributed by atoms with Gasteiger partial charge in [-0.15, -0.1) is 0 Å². The monoisotopic (exact) mass is 240 g/mol. The summed E-state index contributed by atoms with van der Waals surface area (Å²) in [5.41, 5.74) is 0. The van der Waals surface area contributed by atoms with Crippen LogP contribution in [0.3, 0.4) is 0 Å². The van der Waals surface area contributed by atoms with Crippen LogP contribution in [0.5, 0.6) is 0 Å². The maximum atomic E-state index is 11.9. The third-order valence-corrected chi connectivity index (χ3v) is 2.99. The molecular formula is C14H28N2O.